The molecule has 1 aromatic rings. The van der Waals surface area contributed by atoms with Gasteiger partial charge in [-0.2, -0.15) is 18.4 Å². The Hall–Kier alpha value is -1.87. The molecule has 0 radical (unpaired) electrons. The van der Waals surface area contributed by atoms with Gasteiger partial charge in [-0.3, -0.25) is 0 Å². The van der Waals surface area contributed by atoms with Crippen LogP contribution in [0.4, 0.5) is 13.2 Å². The van der Waals surface area contributed by atoms with Crippen LogP contribution in [0.1, 0.15) is 43.7 Å². The van der Waals surface area contributed by atoms with Crippen LogP contribution in [0.25, 0.3) is 0 Å². The Morgan fingerprint density at radius 1 is 1.25 bits per heavy atom. The number of halogens is 3. The van der Waals surface area contributed by atoms with Crippen LogP contribution in [0.3, 0.4) is 0 Å². The summed E-state index contributed by atoms with van der Waals surface area (Å²) in [7, 11) is 0. The predicted octanol–water partition coefficient (Wildman–Crippen LogP) is 3.93. The molecular formula is C18H21F3N2O. The lowest BCUT2D eigenvalue weighted by molar-refractivity contribution is -0.137. The fraction of sp³-hybridized carbons (Fsp3) is 0.556. The van der Waals surface area contributed by atoms with Crippen molar-refractivity contribution < 1.29 is 18.0 Å². The zero-order chi connectivity index (χ0) is 17.8. The number of hydrogen-bond donors (Lipinski definition) is 0. The lowest BCUT2D eigenvalue weighted by Gasteiger charge is -2.37. The third-order valence-corrected chi connectivity index (χ3v) is 4.69. The fourth-order valence-corrected chi connectivity index (χ4v) is 3.15. The Kier molecular flexibility index (Phi) is 5.66. The van der Waals surface area contributed by atoms with E-state index < -0.39 is 17.2 Å². The van der Waals surface area contributed by atoms with E-state index in [0.29, 0.717) is 37.9 Å². The van der Waals surface area contributed by atoms with Gasteiger partial charge in [0.1, 0.15) is 5.78 Å². The quantitative estimate of drug-likeness (QED) is 0.817. The van der Waals surface area contributed by atoms with Gasteiger partial charge in [-0.15, -0.1) is 0 Å². The Bertz CT molecular complexity index is 609. The minimum Gasteiger partial charge on any atom is -0.303 e. The minimum atomic E-state index is -4.36. The highest BCUT2D eigenvalue weighted by Crippen LogP contribution is 2.37. The fourth-order valence-electron chi connectivity index (χ4n) is 3.15. The maximum atomic E-state index is 12.7. The SMILES string of the molecule is CC(=O)CCCN1CCC(C#N)(c2ccc(C(F)(F)F)cc2)CC1. The number of piperidine rings is 1. The molecule has 6 heteroatoms. The van der Waals surface area contributed by atoms with E-state index in [1.54, 1.807) is 6.92 Å². The summed E-state index contributed by atoms with van der Waals surface area (Å²) in [5.41, 5.74) is -0.760. The molecule has 24 heavy (non-hydrogen) atoms. The smallest absolute Gasteiger partial charge is 0.303 e. The van der Waals surface area contributed by atoms with Crippen LogP contribution in [-0.4, -0.2) is 30.3 Å². The normalized spacial score (nSPS) is 18.1. The topological polar surface area (TPSA) is 44.1 Å². The van der Waals surface area contributed by atoms with E-state index in [9.17, 15) is 23.2 Å². The molecule has 0 unspecified atom stereocenters. The summed E-state index contributed by atoms with van der Waals surface area (Å²) in [6.45, 7) is 3.81. The first-order chi connectivity index (χ1) is 11.3. The molecule has 0 amide bonds. The molecule has 130 valence electrons. The van der Waals surface area contributed by atoms with Crippen LogP contribution >= 0.6 is 0 Å². The summed E-state index contributed by atoms with van der Waals surface area (Å²) < 4.78 is 38.0. The third-order valence-electron chi connectivity index (χ3n) is 4.69. The molecule has 1 aliphatic rings. The number of Topliss-reactive ketones (excluding diaryl/α,β-unsaturated/α-hetero) is 1. The highest BCUT2D eigenvalue weighted by atomic mass is 19.4. The van der Waals surface area contributed by atoms with Crippen LogP contribution in [0.5, 0.6) is 0 Å². The molecule has 1 fully saturated rings. The summed E-state index contributed by atoms with van der Waals surface area (Å²) >= 11 is 0. The van der Waals surface area contributed by atoms with Crippen molar-refractivity contribution in [1.82, 2.24) is 4.90 Å². The van der Waals surface area contributed by atoms with E-state index in [2.05, 4.69) is 11.0 Å². The molecule has 0 saturated carbocycles. The van der Waals surface area contributed by atoms with Crippen LogP contribution in [0.15, 0.2) is 24.3 Å². The number of alkyl halides is 3. The van der Waals surface area contributed by atoms with Gasteiger partial charge in [0.25, 0.3) is 0 Å². The van der Waals surface area contributed by atoms with Crippen LogP contribution < -0.4 is 0 Å². The number of carbonyl (C=O) groups excluding carboxylic acids is 1. The Morgan fingerprint density at radius 3 is 2.29 bits per heavy atom. The van der Waals surface area contributed by atoms with Crippen molar-refractivity contribution in [2.45, 2.75) is 44.2 Å². The molecule has 0 aromatic heterocycles. The number of ketones is 1. The maximum Gasteiger partial charge on any atom is 0.416 e. The molecule has 3 nitrogen and oxygen atoms in total. The van der Waals surface area contributed by atoms with Crippen molar-refractivity contribution in [2.24, 2.45) is 0 Å². The third kappa shape index (κ3) is 4.35. The molecule has 0 aliphatic carbocycles. The molecule has 2 rings (SSSR count). The Labute approximate surface area is 140 Å². The highest BCUT2D eigenvalue weighted by Gasteiger charge is 2.37. The van der Waals surface area contributed by atoms with Gasteiger partial charge in [0.2, 0.25) is 0 Å². The highest BCUT2D eigenvalue weighted by molar-refractivity contribution is 5.75. The first-order valence-corrected chi connectivity index (χ1v) is 8.08. The Morgan fingerprint density at radius 2 is 1.83 bits per heavy atom. The molecular weight excluding hydrogens is 317 g/mol. The molecule has 1 aromatic carbocycles. The summed E-state index contributed by atoms with van der Waals surface area (Å²) in [6.07, 6.45) is -1.82. The zero-order valence-corrected chi connectivity index (χ0v) is 13.7. The average molecular weight is 338 g/mol. The predicted molar refractivity (Wildman–Crippen MR) is 84.3 cm³/mol. The number of nitriles is 1. The van der Waals surface area contributed by atoms with E-state index in [4.69, 9.17) is 0 Å². The van der Waals surface area contributed by atoms with Gasteiger partial charge in [-0.05, 0) is 63.5 Å². The first-order valence-electron chi connectivity index (χ1n) is 8.08. The van der Waals surface area contributed by atoms with Crippen molar-refractivity contribution >= 4 is 5.78 Å². The largest absolute Gasteiger partial charge is 0.416 e. The number of rotatable bonds is 5. The number of carbonyl (C=O) groups is 1. The molecule has 1 heterocycles. The molecule has 0 N–H and O–H groups in total. The van der Waals surface area contributed by atoms with Crippen molar-refractivity contribution in [1.29, 1.82) is 5.26 Å². The van der Waals surface area contributed by atoms with Gasteiger partial charge in [-0.1, -0.05) is 12.1 Å². The van der Waals surface area contributed by atoms with Gasteiger partial charge < -0.3 is 9.69 Å². The van der Waals surface area contributed by atoms with Crippen molar-refractivity contribution in [3.8, 4) is 6.07 Å². The van der Waals surface area contributed by atoms with Gasteiger partial charge in [0.15, 0.2) is 0 Å². The van der Waals surface area contributed by atoms with E-state index in [1.807, 2.05) is 0 Å². The van der Waals surface area contributed by atoms with E-state index in [0.717, 1.165) is 25.1 Å². The molecule has 0 bridgehead atoms. The Balaban J connectivity index is 2.01. The lowest BCUT2D eigenvalue weighted by atomic mass is 9.74. The number of nitrogens with zero attached hydrogens (tertiary/aromatic N) is 2. The summed E-state index contributed by atoms with van der Waals surface area (Å²) in [5.74, 6) is 0.170. The maximum absolute atomic E-state index is 12.7. The van der Waals surface area contributed by atoms with Crippen LogP contribution in [0, 0.1) is 11.3 Å². The second-order valence-electron chi connectivity index (χ2n) is 6.42. The summed E-state index contributed by atoms with van der Waals surface area (Å²) in [5, 5.41) is 9.62. The van der Waals surface area contributed by atoms with E-state index in [1.165, 1.54) is 12.1 Å². The monoisotopic (exact) mass is 338 g/mol. The van der Waals surface area contributed by atoms with Gasteiger partial charge in [0.05, 0.1) is 17.0 Å². The van der Waals surface area contributed by atoms with Crippen molar-refractivity contribution in [3.63, 3.8) is 0 Å². The van der Waals surface area contributed by atoms with Gasteiger partial charge in [0, 0.05) is 6.42 Å². The second-order valence-corrected chi connectivity index (χ2v) is 6.42. The van der Waals surface area contributed by atoms with Crippen molar-refractivity contribution in [3.05, 3.63) is 35.4 Å². The summed E-state index contributed by atoms with van der Waals surface area (Å²) in [6, 6.07) is 7.28. The van der Waals surface area contributed by atoms with Gasteiger partial charge >= 0.3 is 6.18 Å². The zero-order valence-electron chi connectivity index (χ0n) is 13.7. The number of likely N-dealkylation sites (tertiary alicyclic amines) is 1. The van der Waals surface area contributed by atoms with E-state index >= 15 is 0 Å². The standard InChI is InChI=1S/C18H21F3N2O/c1-14(24)3-2-10-23-11-8-17(13-22,9-12-23)15-4-6-16(7-5-15)18(19,20)21/h4-7H,2-3,8-12H2,1H3. The second kappa shape index (κ2) is 7.35. The van der Waals surface area contributed by atoms with Crippen LogP contribution in [-0.2, 0) is 16.4 Å². The number of benzene rings is 1. The minimum absolute atomic E-state index is 0.170. The average Bonchev–Trinajstić information content (AvgIpc) is 2.55. The first kappa shape index (κ1) is 18.5. The van der Waals surface area contributed by atoms with Crippen molar-refractivity contribution in [2.75, 3.05) is 19.6 Å². The van der Waals surface area contributed by atoms with E-state index in [-0.39, 0.29) is 5.78 Å². The molecule has 0 atom stereocenters. The molecule has 1 aliphatic heterocycles. The molecule has 0 spiro atoms. The van der Waals surface area contributed by atoms with Crippen LogP contribution in [0.2, 0.25) is 0 Å². The lowest BCUT2D eigenvalue weighted by Crippen LogP contribution is -2.42. The van der Waals surface area contributed by atoms with Gasteiger partial charge in [-0.25, -0.2) is 0 Å². The summed E-state index contributed by atoms with van der Waals surface area (Å²) in [4.78, 5) is 13.2. The number of hydrogen-bond acceptors (Lipinski definition) is 3. The molecule has 1 saturated heterocycles.